The lowest BCUT2D eigenvalue weighted by molar-refractivity contribution is 0.0691. The van der Waals surface area contributed by atoms with Crippen LogP contribution in [-0.4, -0.2) is 59.5 Å². The Morgan fingerprint density at radius 2 is 1.59 bits per heavy atom. The first-order valence-corrected chi connectivity index (χ1v) is 11.7. The minimum Gasteiger partial charge on any atom is -0.335 e. The number of amides is 1. The SMILES string of the molecule is Cc1cc(C)c(S(=O)(=O)N2CCN(C(=O)c3cc4n(n3)CCCC4)CC2)c(C)c1. The Kier molecular flexibility index (Phi) is 5.25. The summed E-state index contributed by atoms with van der Waals surface area (Å²) >= 11 is 0. The average Bonchev–Trinajstić information content (AvgIpc) is 3.10. The Morgan fingerprint density at radius 1 is 0.931 bits per heavy atom. The van der Waals surface area contributed by atoms with Crippen LogP contribution in [0.3, 0.4) is 0 Å². The lowest BCUT2D eigenvalue weighted by Crippen LogP contribution is -2.50. The molecular weight excluding hydrogens is 388 g/mol. The lowest BCUT2D eigenvalue weighted by atomic mass is 10.1. The molecule has 0 bridgehead atoms. The molecule has 0 aliphatic carbocycles. The van der Waals surface area contributed by atoms with Crippen LogP contribution in [0.2, 0.25) is 0 Å². The van der Waals surface area contributed by atoms with Crippen molar-refractivity contribution in [2.75, 3.05) is 26.2 Å². The van der Waals surface area contributed by atoms with Gasteiger partial charge in [0.1, 0.15) is 0 Å². The van der Waals surface area contributed by atoms with E-state index in [1.807, 2.05) is 43.7 Å². The van der Waals surface area contributed by atoms with Gasteiger partial charge in [0.2, 0.25) is 10.0 Å². The molecule has 0 unspecified atom stereocenters. The van der Waals surface area contributed by atoms with Gasteiger partial charge in [-0.15, -0.1) is 0 Å². The second-order valence-electron chi connectivity index (χ2n) is 8.13. The second kappa shape index (κ2) is 7.57. The first-order valence-electron chi connectivity index (χ1n) is 10.2. The van der Waals surface area contributed by atoms with Crippen molar-refractivity contribution in [3.8, 4) is 0 Å². The minimum atomic E-state index is -3.58. The van der Waals surface area contributed by atoms with Crippen molar-refractivity contribution in [1.29, 1.82) is 0 Å². The fourth-order valence-electron chi connectivity index (χ4n) is 4.52. The first kappa shape index (κ1) is 20.1. The number of hydrogen-bond donors (Lipinski definition) is 0. The van der Waals surface area contributed by atoms with Crippen molar-refractivity contribution in [1.82, 2.24) is 19.0 Å². The molecule has 2 aliphatic heterocycles. The van der Waals surface area contributed by atoms with Gasteiger partial charge in [-0.3, -0.25) is 9.48 Å². The van der Waals surface area contributed by atoms with Crippen molar-refractivity contribution >= 4 is 15.9 Å². The summed E-state index contributed by atoms with van der Waals surface area (Å²) in [6, 6.07) is 5.70. The number of piperazine rings is 1. The number of rotatable bonds is 3. The van der Waals surface area contributed by atoms with Gasteiger partial charge < -0.3 is 4.90 Å². The molecule has 3 heterocycles. The molecule has 0 saturated carbocycles. The van der Waals surface area contributed by atoms with Gasteiger partial charge in [0.05, 0.1) is 4.90 Å². The fraction of sp³-hybridized carbons (Fsp3) is 0.524. The minimum absolute atomic E-state index is 0.105. The fourth-order valence-corrected chi connectivity index (χ4v) is 6.35. The molecule has 1 aromatic heterocycles. The Bertz CT molecular complexity index is 1000. The zero-order valence-electron chi connectivity index (χ0n) is 17.3. The predicted octanol–water partition coefficient (Wildman–Crippen LogP) is 2.29. The summed E-state index contributed by atoms with van der Waals surface area (Å²) < 4.78 is 29.9. The van der Waals surface area contributed by atoms with Gasteiger partial charge in [-0.1, -0.05) is 17.7 Å². The van der Waals surface area contributed by atoms with Crippen LogP contribution in [0, 0.1) is 20.8 Å². The first-order chi connectivity index (χ1) is 13.8. The highest BCUT2D eigenvalue weighted by Gasteiger charge is 2.33. The molecule has 7 nitrogen and oxygen atoms in total. The van der Waals surface area contributed by atoms with E-state index in [0.717, 1.165) is 48.2 Å². The van der Waals surface area contributed by atoms with E-state index in [1.165, 1.54) is 4.31 Å². The number of carbonyl (C=O) groups excluding carboxylic acids is 1. The molecule has 2 aliphatic rings. The van der Waals surface area contributed by atoms with Crippen molar-refractivity contribution in [2.45, 2.75) is 51.5 Å². The molecule has 1 amide bonds. The van der Waals surface area contributed by atoms with Crippen LogP contribution >= 0.6 is 0 Å². The number of sulfonamides is 1. The van der Waals surface area contributed by atoms with Crippen LogP contribution in [0.4, 0.5) is 0 Å². The number of nitrogens with zero attached hydrogens (tertiary/aromatic N) is 4. The van der Waals surface area contributed by atoms with Gasteiger partial charge in [-0.2, -0.15) is 9.40 Å². The van der Waals surface area contributed by atoms with Crippen LogP contribution < -0.4 is 0 Å². The Hall–Kier alpha value is -2.19. The molecule has 1 aromatic carbocycles. The summed E-state index contributed by atoms with van der Waals surface area (Å²) in [5.41, 5.74) is 4.18. The zero-order chi connectivity index (χ0) is 20.8. The molecule has 0 spiro atoms. The van der Waals surface area contributed by atoms with Crippen LogP contribution in [0.1, 0.15) is 45.7 Å². The normalized spacial score (nSPS) is 18.0. The zero-order valence-corrected chi connectivity index (χ0v) is 18.1. The van der Waals surface area contributed by atoms with E-state index in [2.05, 4.69) is 5.10 Å². The van der Waals surface area contributed by atoms with E-state index in [9.17, 15) is 13.2 Å². The number of aromatic nitrogens is 2. The highest BCUT2D eigenvalue weighted by Crippen LogP contribution is 2.26. The smallest absolute Gasteiger partial charge is 0.274 e. The average molecular weight is 417 g/mol. The van der Waals surface area contributed by atoms with Crippen LogP contribution in [0.25, 0.3) is 0 Å². The Morgan fingerprint density at radius 3 is 2.21 bits per heavy atom. The summed E-state index contributed by atoms with van der Waals surface area (Å²) in [5, 5.41) is 4.47. The summed E-state index contributed by atoms with van der Waals surface area (Å²) in [7, 11) is -3.58. The maximum Gasteiger partial charge on any atom is 0.274 e. The molecule has 2 aromatic rings. The van der Waals surface area contributed by atoms with Gasteiger partial charge in [-0.05, 0) is 57.2 Å². The molecule has 1 fully saturated rings. The highest BCUT2D eigenvalue weighted by molar-refractivity contribution is 7.89. The van der Waals surface area contributed by atoms with Crippen molar-refractivity contribution in [3.05, 3.63) is 46.3 Å². The molecule has 4 rings (SSSR count). The van der Waals surface area contributed by atoms with Crippen molar-refractivity contribution in [2.24, 2.45) is 0 Å². The summed E-state index contributed by atoms with van der Waals surface area (Å²) in [6.45, 7) is 7.87. The molecule has 0 N–H and O–H groups in total. The summed E-state index contributed by atoms with van der Waals surface area (Å²) in [5.74, 6) is -0.105. The third-order valence-electron chi connectivity index (χ3n) is 5.86. The standard InChI is InChI=1S/C21H28N4O3S/c1-15-12-16(2)20(17(3)13-15)29(27,28)24-10-8-23(9-11-24)21(26)19-14-18-6-4-5-7-25(18)22-19/h12-14H,4-11H2,1-3H3. The monoisotopic (exact) mass is 416 g/mol. The van der Waals surface area contributed by atoms with E-state index in [4.69, 9.17) is 0 Å². The third-order valence-corrected chi connectivity index (χ3v) is 8.07. The molecule has 1 saturated heterocycles. The third kappa shape index (κ3) is 3.71. The van der Waals surface area contributed by atoms with E-state index in [1.54, 1.807) is 4.90 Å². The van der Waals surface area contributed by atoms with Crippen LogP contribution in [-0.2, 0) is 23.0 Å². The van der Waals surface area contributed by atoms with Gasteiger partial charge in [0, 0.05) is 38.4 Å². The maximum absolute atomic E-state index is 13.2. The highest BCUT2D eigenvalue weighted by atomic mass is 32.2. The van der Waals surface area contributed by atoms with Gasteiger partial charge >= 0.3 is 0 Å². The molecule has 8 heteroatoms. The van der Waals surface area contributed by atoms with Crippen molar-refractivity contribution < 1.29 is 13.2 Å². The number of benzene rings is 1. The van der Waals surface area contributed by atoms with Crippen molar-refractivity contribution in [3.63, 3.8) is 0 Å². The summed E-state index contributed by atoms with van der Waals surface area (Å²) in [6.07, 6.45) is 3.19. The number of carbonyl (C=O) groups is 1. The quantitative estimate of drug-likeness (QED) is 0.769. The maximum atomic E-state index is 13.2. The van der Waals surface area contributed by atoms with E-state index < -0.39 is 10.0 Å². The Labute approximate surface area is 172 Å². The van der Waals surface area contributed by atoms with E-state index >= 15 is 0 Å². The number of aryl methyl sites for hydroxylation is 5. The molecular formula is C21H28N4O3S. The predicted molar refractivity (Wildman–Crippen MR) is 110 cm³/mol. The van der Waals surface area contributed by atoms with E-state index in [-0.39, 0.29) is 5.91 Å². The lowest BCUT2D eigenvalue weighted by Gasteiger charge is -2.34. The summed E-state index contributed by atoms with van der Waals surface area (Å²) in [4.78, 5) is 15.0. The van der Waals surface area contributed by atoms with Gasteiger partial charge in [0.25, 0.3) is 5.91 Å². The Balaban J connectivity index is 1.48. The van der Waals surface area contributed by atoms with Crippen LogP contribution in [0.15, 0.2) is 23.1 Å². The van der Waals surface area contributed by atoms with Crippen LogP contribution in [0.5, 0.6) is 0 Å². The van der Waals surface area contributed by atoms with E-state index in [0.29, 0.717) is 36.8 Å². The van der Waals surface area contributed by atoms with Gasteiger partial charge in [0.15, 0.2) is 5.69 Å². The number of fused-ring (bicyclic) bond motifs is 1. The van der Waals surface area contributed by atoms with Gasteiger partial charge in [-0.25, -0.2) is 8.42 Å². The largest absolute Gasteiger partial charge is 0.335 e. The molecule has 156 valence electrons. The molecule has 0 radical (unpaired) electrons. The number of hydrogen-bond acceptors (Lipinski definition) is 4. The topological polar surface area (TPSA) is 75.5 Å². The second-order valence-corrected chi connectivity index (χ2v) is 10.0. The molecule has 0 atom stereocenters. The molecule has 29 heavy (non-hydrogen) atoms.